The molecule has 9 nitrogen and oxygen atoms in total. The maximum Gasteiger partial charge on any atom is 0.289 e. The molecule has 0 unspecified atom stereocenters. The van der Waals surface area contributed by atoms with E-state index in [-0.39, 0.29) is 17.9 Å². The standard InChI is InChI=1S/C21H27N3O6/c1-14(2)9-11-30-16-8-7-15(12-18(16)28-4)20(26)23-22-19(25)13-24(3)21(27)17-6-5-10-29-17/h5-8,10,12,14H,9,11,13H2,1-4H3,(H,22,25)(H,23,26). The summed E-state index contributed by atoms with van der Waals surface area (Å²) < 4.78 is 16.0. The zero-order valence-corrected chi connectivity index (χ0v) is 17.6. The van der Waals surface area contributed by atoms with Crippen LogP contribution in [-0.2, 0) is 4.79 Å². The quantitative estimate of drug-likeness (QED) is 0.606. The van der Waals surface area contributed by atoms with Crippen LogP contribution in [0.4, 0.5) is 0 Å². The second kappa shape index (κ2) is 10.9. The summed E-state index contributed by atoms with van der Waals surface area (Å²) in [4.78, 5) is 37.6. The van der Waals surface area contributed by atoms with Crippen LogP contribution < -0.4 is 20.3 Å². The van der Waals surface area contributed by atoms with Gasteiger partial charge in [-0.25, -0.2) is 0 Å². The lowest BCUT2D eigenvalue weighted by molar-refractivity contribution is -0.122. The Morgan fingerprint density at radius 1 is 1.13 bits per heavy atom. The summed E-state index contributed by atoms with van der Waals surface area (Å²) >= 11 is 0. The van der Waals surface area contributed by atoms with Gasteiger partial charge in [-0.15, -0.1) is 0 Å². The SMILES string of the molecule is COc1cc(C(=O)NNC(=O)CN(C)C(=O)c2ccco2)ccc1OCCC(C)C. The Bertz CT molecular complexity index is 864. The molecule has 0 radical (unpaired) electrons. The number of nitrogens with one attached hydrogen (secondary N) is 2. The number of benzene rings is 1. The third-order valence-corrected chi connectivity index (χ3v) is 4.15. The highest BCUT2D eigenvalue weighted by molar-refractivity contribution is 5.97. The highest BCUT2D eigenvalue weighted by atomic mass is 16.5. The molecule has 9 heteroatoms. The van der Waals surface area contributed by atoms with Crippen molar-refractivity contribution in [2.75, 3.05) is 27.3 Å². The summed E-state index contributed by atoms with van der Waals surface area (Å²) in [7, 11) is 2.94. The lowest BCUT2D eigenvalue weighted by Gasteiger charge is -2.16. The van der Waals surface area contributed by atoms with Crippen molar-refractivity contribution in [2.45, 2.75) is 20.3 Å². The molecule has 162 valence electrons. The molecule has 0 fully saturated rings. The van der Waals surface area contributed by atoms with E-state index in [0.717, 1.165) is 6.42 Å². The van der Waals surface area contributed by atoms with E-state index >= 15 is 0 Å². The number of hydrazine groups is 1. The molecular weight excluding hydrogens is 390 g/mol. The van der Waals surface area contributed by atoms with Gasteiger partial charge in [-0.1, -0.05) is 13.8 Å². The van der Waals surface area contributed by atoms with E-state index in [9.17, 15) is 14.4 Å². The molecule has 2 N–H and O–H groups in total. The minimum atomic E-state index is -0.564. The maximum atomic E-state index is 12.3. The minimum Gasteiger partial charge on any atom is -0.493 e. The molecule has 1 aromatic heterocycles. The number of methoxy groups -OCH3 is 1. The number of likely N-dealkylation sites (N-methyl/N-ethyl adjacent to an activating group) is 1. The van der Waals surface area contributed by atoms with E-state index in [2.05, 4.69) is 24.7 Å². The fourth-order valence-corrected chi connectivity index (χ4v) is 2.45. The molecule has 3 amide bonds. The second-order valence-electron chi connectivity index (χ2n) is 7.04. The Morgan fingerprint density at radius 3 is 2.53 bits per heavy atom. The highest BCUT2D eigenvalue weighted by Crippen LogP contribution is 2.28. The van der Waals surface area contributed by atoms with E-state index in [0.29, 0.717) is 24.0 Å². The Morgan fingerprint density at radius 2 is 1.90 bits per heavy atom. The largest absolute Gasteiger partial charge is 0.493 e. The molecule has 0 saturated heterocycles. The van der Waals surface area contributed by atoms with Crippen LogP contribution in [0, 0.1) is 5.92 Å². The van der Waals surface area contributed by atoms with Gasteiger partial charge in [0.15, 0.2) is 17.3 Å². The minimum absolute atomic E-state index is 0.122. The van der Waals surface area contributed by atoms with Gasteiger partial charge in [-0.3, -0.25) is 25.2 Å². The molecule has 0 atom stereocenters. The van der Waals surface area contributed by atoms with Crippen molar-refractivity contribution in [3.05, 3.63) is 47.9 Å². The van der Waals surface area contributed by atoms with E-state index in [1.54, 1.807) is 18.2 Å². The molecule has 2 rings (SSSR count). The Hall–Kier alpha value is -3.49. The molecule has 30 heavy (non-hydrogen) atoms. The lowest BCUT2D eigenvalue weighted by Crippen LogP contribution is -2.46. The Balaban J connectivity index is 1.87. The van der Waals surface area contributed by atoms with Crippen LogP contribution in [0.3, 0.4) is 0 Å². The van der Waals surface area contributed by atoms with E-state index in [4.69, 9.17) is 13.9 Å². The number of amides is 3. The maximum absolute atomic E-state index is 12.3. The zero-order valence-electron chi connectivity index (χ0n) is 17.6. The first-order chi connectivity index (χ1) is 14.3. The van der Waals surface area contributed by atoms with Gasteiger partial charge >= 0.3 is 0 Å². The van der Waals surface area contributed by atoms with Gasteiger partial charge in [0.25, 0.3) is 17.7 Å². The second-order valence-corrected chi connectivity index (χ2v) is 7.04. The predicted octanol–water partition coefficient (Wildman–Crippen LogP) is 2.25. The van der Waals surface area contributed by atoms with E-state index < -0.39 is 17.7 Å². The number of carbonyl (C=O) groups is 3. The van der Waals surface area contributed by atoms with Crippen LogP contribution in [0.1, 0.15) is 41.2 Å². The lowest BCUT2D eigenvalue weighted by atomic mass is 10.1. The van der Waals surface area contributed by atoms with Crippen LogP contribution in [0.2, 0.25) is 0 Å². The van der Waals surface area contributed by atoms with Crippen LogP contribution in [0.15, 0.2) is 41.0 Å². The average Bonchev–Trinajstić information content (AvgIpc) is 3.26. The number of furan rings is 1. The number of hydrogen-bond acceptors (Lipinski definition) is 6. The molecular formula is C21H27N3O6. The normalized spacial score (nSPS) is 10.4. The van der Waals surface area contributed by atoms with Gasteiger partial charge in [-0.05, 0) is 42.7 Å². The van der Waals surface area contributed by atoms with Gasteiger partial charge in [0.2, 0.25) is 0 Å². The molecule has 0 saturated carbocycles. The molecule has 1 heterocycles. The van der Waals surface area contributed by atoms with Crippen molar-refractivity contribution < 1.29 is 28.3 Å². The highest BCUT2D eigenvalue weighted by Gasteiger charge is 2.18. The first-order valence-electron chi connectivity index (χ1n) is 9.50. The van der Waals surface area contributed by atoms with Crippen LogP contribution in [0.5, 0.6) is 11.5 Å². The van der Waals surface area contributed by atoms with Crippen molar-refractivity contribution in [1.82, 2.24) is 15.8 Å². The number of ether oxygens (including phenoxy) is 2. The zero-order chi connectivity index (χ0) is 22.1. The van der Waals surface area contributed by atoms with Crippen molar-refractivity contribution in [3.63, 3.8) is 0 Å². The fraction of sp³-hybridized carbons (Fsp3) is 0.381. The Labute approximate surface area is 175 Å². The van der Waals surface area contributed by atoms with Gasteiger partial charge in [0.05, 0.1) is 20.0 Å². The predicted molar refractivity (Wildman–Crippen MR) is 109 cm³/mol. The molecule has 0 aliphatic rings. The Kier molecular flexibility index (Phi) is 8.28. The van der Waals surface area contributed by atoms with Gasteiger partial charge in [0.1, 0.15) is 6.54 Å². The summed E-state index contributed by atoms with van der Waals surface area (Å²) in [6.07, 6.45) is 2.27. The van der Waals surface area contributed by atoms with Gasteiger partial charge in [-0.2, -0.15) is 0 Å². The van der Waals surface area contributed by atoms with E-state index in [1.165, 1.54) is 37.5 Å². The number of rotatable bonds is 9. The van der Waals surface area contributed by atoms with Crippen LogP contribution >= 0.6 is 0 Å². The molecule has 2 aromatic rings. The summed E-state index contributed by atoms with van der Waals surface area (Å²) in [5, 5.41) is 0. The van der Waals surface area contributed by atoms with Crippen LogP contribution in [0.25, 0.3) is 0 Å². The average molecular weight is 417 g/mol. The summed E-state index contributed by atoms with van der Waals surface area (Å²) in [5.41, 5.74) is 4.87. The smallest absolute Gasteiger partial charge is 0.289 e. The first kappa shape index (κ1) is 22.8. The first-order valence-corrected chi connectivity index (χ1v) is 9.50. The monoisotopic (exact) mass is 417 g/mol. The van der Waals surface area contributed by atoms with Gasteiger partial charge in [0, 0.05) is 12.6 Å². The third-order valence-electron chi connectivity index (χ3n) is 4.15. The summed E-state index contributed by atoms with van der Waals surface area (Å²) in [6.45, 7) is 4.49. The number of nitrogens with zero attached hydrogens (tertiary/aromatic N) is 1. The van der Waals surface area contributed by atoms with Crippen LogP contribution in [-0.4, -0.2) is 49.9 Å². The summed E-state index contributed by atoms with van der Waals surface area (Å²) in [6, 6.07) is 7.82. The number of carbonyl (C=O) groups excluding carboxylic acids is 3. The number of hydrogen-bond donors (Lipinski definition) is 2. The molecule has 1 aromatic carbocycles. The van der Waals surface area contributed by atoms with Gasteiger partial charge < -0.3 is 18.8 Å². The molecule has 0 aliphatic carbocycles. The molecule has 0 bridgehead atoms. The van der Waals surface area contributed by atoms with Crippen molar-refractivity contribution >= 4 is 17.7 Å². The molecule has 0 aliphatic heterocycles. The topological polar surface area (TPSA) is 110 Å². The summed E-state index contributed by atoms with van der Waals surface area (Å²) in [5.74, 6) is 0.0505. The van der Waals surface area contributed by atoms with Crippen molar-refractivity contribution in [1.29, 1.82) is 0 Å². The van der Waals surface area contributed by atoms with E-state index in [1.807, 2.05) is 0 Å². The fourth-order valence-electron chi connectivity index (χ4n) is 2.45. The van der Waals surface area contributed by atoms with Crippen molar-refractivity contribution in [2.24, 2.45) is 5.92 Å². The third kappa shape index (κ3) is 6.54. The van der Waals surface area contributed by atoms with Crippen molar-refractivity contribution in [3.8, 4) is 11.5 Å². The molecule has 0 spiro atoms.